The number of ether oxygens (including phenoxy) is 1. The lowest BCUT2D eigenvalue weighted by molar-refractivity contribution is -0.147. The molecule has 1 saturated heterocycles. The molecule has 2 rings (SSSR count). The minimum atomic E-state index is -1.38. The van der Waals surface area contributed by atoms with Crippen LogP contribution in [0.3, 0.4) is 0 Å². The summed E-state index contributed by atoms with van der Waals surface area (Å²) in [5, 5.41) is 16.9. The summed E-state index contributed by atoms with van der Waals surface area (Å²) in [7, 11) is 0. The molecule has 1 aliphatic heterocycles. The Morgan fingerprint density at radius 3 is 2.50 bits per heavy atom. The van der Waals surface area contributed by atoms with Gasteiger partial charge in [-0.05, 0) is 12.8 Å². The van der Waals surface area contributed by atoms with Gasteiger partial charge in [0.05, 0.1) is 13.2 Å². The molecule has 2 aliphatic rings. The van der Waals surface area contributed by atoms with Gasteiger partial charge in [0.2, 0.25) is 5.91 Å². The van der Waals surface area contributed by atoms with Crippen LogP contribution in [0.1, 0.15) is 38.5 Å². The van der Waals surface area contributed by atoms with Gasteiger partial charge in [0, 0.05) is 19.1 Å². The molecular weight excluding hydrogens is 290 g/mol. The normalized spacial score (nSPS) is 25.5. The molecule has 1 heterocycles. The van der Waals surface area contributed by atoms with Gasteiger partial charge in [-0.1, -0.05) is 19.3 Å². The third-order valence-corrected chi connectivity index (χ3v) is 4.16. The second kappa shape index (κ2) is 7.44. The average molecular weight is 313 g/mol. The predicted molar refractivity (Wildman–Crippen MR) is 77.4 cm³/mol. The second-order valence-electron chi connectivity index (χ2n) is 5.90. The maximum Gasteiger partial charge on any atom is 0.331 e. The van der Waals surface area contributed by atoms with Crippen molar-refractivity contribution in [2.75, 3.05) is 19.8 Å². The van der Waals surface area contributed by atoms with Crippen molar-refractivity contribution in [3.63, 3.8) is 0 Å². The van der Waals surface area contributed by atoms with E-state index in [1.54, 1.807) is 0 Å². The Bertz CT molecular complexity index is 428. The van der Waals surface area contributed by atoms with E-state index >= 15 is 0 Å². The molecule has 8 heteroatoms. The van der Waals surface area contributed by atoms with E-state index in [1.807, 2.05) is 0 Å². The van der Waals surface area contributed by atoms with E-state index in [9.17, 15) is 19.5 Å². The molecule has 8 nitrogen and oxygen atoms in total. The first-order valence-corrected chi connectivity index (χ1v) is 7.68. The van der Waals surface area contributed by atoms with E-state index in [0.717, 1.165) is 25.7 Å². The summed E-state index contributed by atoms with van der Waals surface area (Å²) in [6.07, 6.45) is 5.54. The lowest BCUT2D eigenvalue weighted by Crippen LogP contribution is -2.57. The Morgan fingerprint density at radius 2 is 1.91 bits per heavy atom. The fourth-order valence-corrected chi connectivity index (χ4v) is 2.84. The highest BCUT2D eigenvalue weighted by molar-refractivity contribution is 5.90. The molecular formula is C14H23N3O5. The average Bonchev–Trinajstić information content (AvgIpc) is 2.96. The highest BCUT2D eigenvalue weighted by Gasteiger charge is 2.43. The summed E-state index contributed by atoms with van der Waals surface area (Å²) in [5.74, 6) is -1.66. The summed E-state index contributed by atoms with van der Waals surface area (Å²) < 4.78 is 5.05. The van der Waals surface area contributed by atoms with Gasteiger partial charge in [-0.3, -0.25) is 4.79 Å². The molecule has 0 spiro atoms. The van der Waals surface area contributed by atoms with Gasteiger partial charge in [-0.2, -0.15) is 0 Å². The van der Waals surface area contributed by atoms with Gasteiger partial charge >= 0.3 is 12.0 Å². The highest BCUT2D eigenvalue weighted by atomic mass is 16.5. The maximum atomic E-state index is 11.8. The summed E-state index contributed by atoms with van der Waals surface area (Å²) in [6.45, 7) is -0.0158. The van der Waals surface area contributed by atoms with Crippen LogP contribution in [0, 0.1) is 0 Å². The van der Waals surface area contributed by atoms with Crippen LogP contribution in [0.5, 0.6) is 0 Å². The van der Waals surface area contributed by atoms with Crippen LogP contribution in [-0.2, 0) is 14.3 Å². The van der Waals surface area contributed by atoms with Gasteiger partial charge in [0.25, 0.3) is 0 Å². The van der Waals surface area contributed by atoms with E-state index < -0.39 is 23.4 Å². The molecule has 1 atom stereocenters. The van der Waals surface area contributed by atoms with Gasteiger partial charge in [0.1, 0.15) is 0 Å². The molecule has 0 bridgehead atoms. The number of aliphatic carboxylic acids is 1. The lowest BCUT2D eigenvalue weighted by atomic mass is 9.96. The number of amides is 3. The molecule has 1 saturated carbocycles. The van der Waals surface area contributed by atoms with E-state index in [1.165, 1.54) is 6.42 Å². The minimum absolute atomic E-state index is 0.0532. The third kappa shape index (κ3) is 4.33. The number of rotatable bonds is 5. The fourth-order valence-electron chi connectivity index (χ4n) is 2.84. The Labute approximate surface area is 129 Å². The number of carboxylic acids is 1. The van der Waals surface area contributed by atoms with Crippen LogP contribution in [0.4, 0.5) is 4.79 Å². The molecule has 4 N–H and O–H groups in total. The number of nitrogens with one attached hydrogen (secondary N) is 3. The number of hydrogen-bond donors (Lipinski definition) is 4. The lowest BCUT2D eigenvalue weighted by Gasteiger charge is -2.24. The van der Waals surface area contributed by atoms with Crippen LogP contribution in [0.25, 0.3) is 0 Å². The van der Waals surface area contributed by atoms with Crippen molar-refractivity contribution in [1.29, 1.82) is 0 Å². The zero-order valence-corrected chi connectivity index (χ0v) is 12.5. The number of hydrogen-bond acceptors (Lipinski definition) is 4. The Kier molecular flexibility index (Phi) is 5.59. The van der Waals surface area contributed by atoms with Crippen LogP contribution in [0.2, 0.25) is 0 Å². The minimum Gasteiger partial charge on any atom is -0.479 e. The largest absolute Gasteiger partial charge is 0.479 e. The van der Waals surface area contributed by atoms with E-state index in [2.05, 4.69) is 16.0 Å². The van der Waals surface area contributed by atoms with Crippen molar-refractivity contribution in [2.24, 2.45) is 0 Å². The zero-order valence-electron chi connectivity index (χ0n) is 12.5. The molecule has 3 amide bonds. The molecule has 2 fully saturated rings. The second-order valence-corrected chi connectivity index (χ2v) is 5.90. The zero-order chi connectivity index (χ0) is 16.0. The van der Waals surface area contributed by atoms with Crippen LogP contribution in [-0.4, -0.2) is 54.4 Å². The summed E-state index contributed by atoms with van der Waals surface area (Å²) in [4.78, 5) is 34.8. The Morgan fingerprint density at radius 1 is 1.18 bits per heavy atom. The van der Waals surface area contributed by atoms with E-state index in [4.69, 9.17) is 4.74 Å². The van der Waals surface area contributed by atoms with Crippen molar-refractivity contribution in [1.82, 2.24) is 16.0 Å². The predicted octanol–water partition coefficient (Wildman–Crippen LogP) is -0.0218. The molecule has 0 aromatic heterocycles. The summed E-state index contributed by atoms with van der Waals surface area (Å²) in [5.41, 5.74) is -1.38. The standard InChI is InChI=1S/C14H23N3O5/c18-11(17-14(12(19)20)6-7-22-9-14)8-15-13(21)16-10-4-2-1-3-5-10/h10H,1-9H2,(H,17,18)(H,19,20)(H2,15,16,21). The summed E-state index contributed by atoms with van der Waals surface area (Å²) >= 11 is 0. The third-order valence-electron chi connectivity index (χ3n) is 4.16. The Balaban J connectivity index is 1.72. The van der Waals surface area contributed by atoms with E-state index in [-0.39, 0.29) is 25.6 Å². The highest BCUT2D eigenvalue weighted by Crippen LogP contribution is 2.19. The topological polar surface area (TPSA) is 117 Å². The molecule has 1 aliphatic carbocycles. The van der Waals surface area contributed by atoms with Crippen molar-refractivity contribution in [3.8, 4) is 0 Å². The number of carbonyl (C=O) groups excluding carboxylic acids is 2. The van der Waals surface area contributed by atoms with Gasteiger partial charge in [0.15, 0.2) is 5.54 Å². The van der Waals surface area contributed by atoms with Crippen molar-refractivity contribution >= 4 is 17.9 Å². The molecule has 0 aromatic carbocycles. The first-order valence-electron chi connectivity index (χ1n) is 7.68. The number of urea groups is 1. The van der Waals surface area contributed by atoms with Crippen LogP contribution in [0.15, 0.2) is 0 Å². The number of carbonyl (C=O) groups is 3. The van der Waals surface area contributed by atoms with Gasteiger partial charge in [-0.15, -0.1) is 0 Å². The number of carboxylic acid groups (broad SMARTS) is 1. The van der Waals surface area contributed by atoms with Crippen molar-refractivity contribution in [3.05, 3.63) is 0 Å². The molecule has 22 heavy (non-hydrogen) atoms. The first-order chi connectivity index (χ1) is 10.5. The Hall–Kier alpha value is -1.83. The summed E-state index contributed by atoms with van der Waals surface area (Å²) in [6, 6.07) is -0.237. The molecule has 124 valence electrons. The van der Waals surface area contributed by atoms with Gasteiger partial charge in [-0.25, -0.2) is 9.59 Å². The molecule has 1 unspecified atom stereocenters. The monoisotopic (exact) mass is 313 g/mol. The van der Waals surface area contributed by atoms with Crippen LogP contribution >= 0.6 is 0 Å². The fraction of sp³-hybridized carbons (Fsp3) is 0.786. The van der Waals surface area contributed by atoms with Crippen LogP contribution < -0.4 is 16.0 Å². The smallest absolute Gasteiger partial charge is 0.331 e. The van der Waals surface area contributed by atoms with E-state index in [0.29, 0.717) is 6.61 Å². The molecule has 0 radical (unpaired) electrons. The van der Waals surface area contributed by atoms with Gasteiger partial charge < -0.3 is 25.8 Å². The van der Waals surface area contributed by atoms with Crippen molar-refractivity contribution < 1.29 is 24.2 Å². The molecule has 0 aromatic rings. The maximum absolute atomic E-state index is 11.8. The first kappa shape index (κ1) is 16.5. The SMILES string of the molecule is O=C(CNC(=O)NC1CCCCC1)NC1(C(=O)O)CCOC1. The van der Waals surface area contributed by atoms with Crippen molar-refractivity contribution in [2.45, 2.75) is 50.1 Å². The quantitative estimate of drug-likeness (QED) is 0.569.